The van der Waals surface area contributed by atoms with Gasteiger partial charge in [0, 0.05) is 25.4 Å². The average molecular weight is 352 g/mol. The molecule has 2 atom stereocenters. The Kier molecular flexibility index (Phi) is 5.13. The first kappa shape index (κ1) is 19.2. The highest BCUT2D eigenvalue weighted by molar-refractivity contribution is 5.87. The predicted molar refractivity (Wildman–Crippen MR) is 91.5 cm³/mol. The molecule has 1 N–H and O–H groups in total. The molecule has 1 aliphatic rings. The standard InChI is InChI=1S/C17H28N4O4/c1-11-13(14(22)18-8-12-9-19-20(7)10-12)21(17(5,6)24-11)15(23)25-16(2,3)4/h9-11,13H,8H2,1-7H3,(H,18,22)/t11-,13+/m0/s1. The van der Waals surface area contributed by atoms with Crippen molar-refractivity contribution in [2.45, 2.75) is 71.6 Å². The fourth-order valence-corrected chi connectivity index (χ4v) is 2.95. The fourth-order valence-electron chi connectivity index (χ4n) is 2.95. The lowest BCUT2D eigenvalue weighted by Crippen LogP contribution is -2.55. The molecule has 0 spiro atoms. The molecule has 1 saturated heterocycles. The zero-order valence-corrected chi connectivity index (χ0v) is 16.0. The maximum atomic E-state index is 12.7. The monoisotopic (exact) mass is 352 g/mol. The van der Waals surface area contributed by atoms with Crippen molar-refractivity contribution in [2.75, 3.05) is 0 Å². The van der Waals surface area contributed by atoms with Gasteiger partial charge in [-0.15, -0.1) is 0 Å². The Morgan fingerprint density at radius 2 is 2.04 bits per heavy atom. The fraction of sp³-hybridized carbons (Fsp3) is 0.706. The van der Waals surface area contributed by atoms with Crippen LogP contribution in [-0.2, 0) is 27.9 Å². The molecule has 1 aromatic heterocycles. The zero-order chi connectivity index (χ0) is 19.0. The molecule has 8 nitrogen and oxygen atoms in total. The van der Waals surface area contributed by atoms with Gasteiger partial charge < -0.3 is 14.8 Å². The van der Waals surface area contributed by atoms with Gasteiger partial charge in [-0.2, -0.15) is 5.10 Å². The van der Waals surface area contributed by atoms with Gasteiger partial charge in [0.1, 0.15) is 17.4 Å². The lowest BCUT2D eigenvalue weighted by Gasteiger charge is -2.34. The van der Waals surface area contributed by atoms with Crippen LogP contribution in [0.5, 0.6) is 0 Å². The Labute approximate surface area is 148 Å². The predicted octanol–water partition coefficient (Wildman–Crippen LogP) is 1.80. The number of ether oxygens (including phenoxy) is 2. The Balaban J connectivity index is 2.14. The van der Waals surface area contributed by atoms with E-state index in [1.807, 2.05) is 13.2 Å². The third-order valence-corrected chi connectivity index (χ3v) is 3.86. The maximum Gasteiger partial charge on any atom is 0.413 e. The summed E-state index contributed by atoms with van der Waals surface area (Å²) in [6.45, 7) is 11.0. The molecule has 1 aliphatic heterocycles. The zero-order valence-electron chi connectivity index (χ0n) is 16.0. The van der Waals surface area contributed by atoms with Gasteiger partial charge in [-0.3, -0.25) is 14.4 Å². The van der Waals surface area contributed by atoms with Gasteiger partial charge in [-0.05, 0) is 41.5 Å². The Morgan fingerprint density at radius 1 is 1.40 bits per heavy atom. The quantitative estimate of drug-likeness (QED) is 0.896. The number of amides is 2. The number of aromatic nitrogens is 2. The molecule has 25 heavy (non-hydrogen) atoms. The first-order valence-electron chi connectivity index (χ1n) is 8.36. The van der Waals surface area contributed by atoms with Crippen LogP contribution in [0.2, 0.25) is 0 Å². The van der Waals surface area contributed by atoms with E-state index < -0.39 is 29.6 Å². The smallest absolute Gasteiger partial charge is 0.413 e. The maximum absolute atomic E-state index is 12.7. The van der Waals surface area contributed by atoms with E-state index in [0.29, 0.717) is 6.54 Å². The molecule has 0 bridgehead atoms. The van der Waals surface area contributed by atoms with Crippen molar-refractivity contribution in [1.82, 2.24) is 20.0 Å². The summed E-state index contributed by atoms with van der Waals surface area (Å²) in [6, 6.07) is -0.762. The number of carbonyl (C=O) groups is 2. The lowest BCUT2D eigenvalue weighted by molar-refractivity contribution is -0.127. The number of nitrogens with zero attached hydrogens (tertiary/aromatic N) is 3. The number of rotatable bonds is 3. The Bertz CT molecular complexity index is 647. The van der Waals surface area contributed by atoms with Crippen LogP contribution in [-0.4, -0.2) is 50.2 Å². The van der Waals surface area contributed by atoms with Crippen LogP contribution in [0.25, 0.3) is 0 Å². The van der Waals surface area contributed by atoms with E-state index in [1.165, 1.54) is 4.90 Å². The van der Waals surface area contributed by atoms with E-state index in [1.54, 1.807) is 52.4 Å². The Morgan fingerprint density at radius 3 is 2.56 bits per heavy atom. The number of nitrogens with one attached hydrogen (secondary N) is 1. The van der Waals surface area contributed by atoms with Gasteiger partial charge >= 0.3 is 6.09 Å². The summed E-state index contributed by atoms with van der Waals surface area (Å²) in [5.41, 5.74) is -0.709. The summed E-state index contributed by atoms with van der Waals surface area (Å²) < 4.78 is 13.0. The van der Waals surface area contributed by atoms with E-state index in [9.17, 15) is 9.59 Å². The van der Waals surface area contributed by atoms with Crippen LogP contribution < -0.4 is 5.32 Å². The first-order chi connectivity index (χ1) is 11.4. The van der Waals surface area contributed by atoms with E-state index in [2.05, 4.69) is 10.4 Å². The van der Waals surface area contributed by atoms with Crippen LogP contribution in [0.1, 0.15) is 47.1 Å². The number of hydrogen-bond acceptors (Lipinski definition) is 5. The summed E-state index contributed by atoms with van der Waals surface area (Å²) in [7, 11) is 1.81. The van der Waals surface area contributed by atoms with E-state index in [-0.39, 0.29) is 5.91 Å². The van der Waals surface area contributed by atoms with Crippen LogP contribution in [0.4, 0.5) is 4.79 Å². The molecule has 2 amide bonds. The van der Waals surface area contributed by atoms with Gasteiger partial charge in [-0.1, -0.05) is 0 Å². The summed E-state index contributed by atoms with van der Waals surface area (Å²) in [6.07, 6.45) is 2.49. The highest BCUT2D eigenvalue weighted by Gasteiger charge is 2.52. The largest absolute Gasteiger partial charge is 0.444 e. The number of hydrogen-bond donors (Lipinski definition) is 1. The van der Waals surface area contributed by atoms with Crippen molar-refractivity contribution in [2.24, 2.45) is 7.05 Å². The number of aryl methyl sites for hydroxylation is 1. The van der Waals surface area contributed by atoms with Crippen LogP contribution >= 0.6 is 0 Å². The van der Waals surface area contributed by atoms with Crippen molar-refractivity contribution in [1.29, 1.82) is 0 Å². The summed E-state index contributed by atoms with van der Waals surface area (Å²) in [4.78, 5) is 26.8. The molecule has 0 unspecified atom stereocenters. The molecule has 1 aromatic rings. The molecule has 8 heteroatoms. The highest BCUT2D eigenvalue weighted by Crippen LogP contribution is 2.33. The van der Waals surface area contributed by atoms with Gasteiger partial charge in [0.05, 0.1) is 12.3 Å². The summed E-state index contributed by atoms with van der Waals surface area (Å²) in [5.74, 6) is -0.284. The van der Waals surface area contributed by atoms with Crippen molar-refractivity contribution in [3.8, 4) is 0 Å². The van der Waals surface area contributed by atoms with Gasteiger partial charge in [0.25, 0.3) is 0 Å². The second-order valence-electron chi connectivity index (χ2n) is 7.80. The lowest BCUT2D eigenvalue weighted by atomic mass is 10.1. The number of carbonyl (C=O) groups excluding carboxylic acids is 2. The SMILES string of the molecule is C[C@@H]1OC(C)(C)N(C(=O)OC(C)(C)C)[C@H]1C(=O)NCc1cnn(C)c1. The third-order valence-electron chi connectivity index (χ3n) is 3.86. The van der Waals surface area contributed by atoms with Crippen molar-refractivity contribution in [3.05, 3.63) is 18.0 Å². The second-order valence-corrected chi connectivity index (χ2v) is 7.80. The summed E-state index contributed by atoms with van der Waals surface area (Å²) >= 11 is 0. The molecule has 2 heterocycles. The third kappa shape index (κ3) is 4.50. The molecule has 140 valence electrons. The van der Waals surface area contributed by atoms with Gasteiger partial charge in [0.2, 0.25) is 5.91 Å². The summed E-state index contributed by atoms with van der Waals surface area (Å²) in [5, 5.41) is 6.92. The van der Waals surface area contributed by atoms with Crippen molar-refractivity contribution in [3.63, 3.8) is 0 Å². The topological polar surface area (TPSA) is 85.7 Å². The molecule has 0 radical (unpaired) electrons. The van der Waals surface area contributed by atoms with E-state index in [4.69, 9.17) is 9.47 Å². The molecule has 0 aromatic carbocycles. The van der Waals surface area contributed by atoms with Crippen molar-refractivity contribution >= 4 is 12.0 Å². The molecule has 1 fully saturated rings. The molecular weight excluding hydrogens is 324 g/mol. The average Bonchev–Trinajstić information content (AvgIpc) is 2.94. The molecule has 0 saturated carbocycles. The van der Waals surface area contributed by atoms with Crippen molar-refractivity contribution < 1.29 is 19.1 Å². The molecule has 2 rings (SSSR count). The van der Waals surface area contributed by atoms with Crippen LogP contribution in [0, 0.1) is 0 Å². The Hall–Kier alpha value is -2.09. The first-order valence-corrected chi connectivity index (χ1v) is 8.36. The highest BCUT2D eigenvalue weighted by atomic mass is 16.6. The normalized spacial score (nSPS) is 22.8. The minimum atomic E-state index is -0.932. The minimum Gasteiger partial charge on any atom is -0.444 e. The molecule has 0 aliphatic carbocycles. The van der Waals surface area contributed by atoms with Crippen LogP contribution in [0.3, 0.4) is 0 Å². The minimum absolute atomic E-state index is 0.284. The van der Waals surface area contributed by atoms with E-state index in [0.717, 1.165) is 5.56 Å². The van der Waals surface area contributed by atoms with Gasteiger partial charge in [-0.25, -0.2) is 4.79 Å². The van der Waals surface area contributed by atoms with Crippen LogP contribution in [0.15, 0.2) is 12.4 Å². The van der Waals surface area contributed by atoms with E-state index >= 15 is 0 Å². The van der Waals surface area contributed by atoms with Gasteiger partial charge in [0.15, 0.2) is 0 Å². The molecular formula is C17H28N4O4. The second kappa shape index (κ2) is 6.67.